The number of rotatable bonds is 7. The van der Waals surface area contributed by atoms with Crippen LogP contribution in [-0.4, -0.2) is 59.4 Å². The van der Waals surface area contributed by atoms with Crippen LogP contribution in [0, 0.1) is 17.8 Å². The van der Waals surface area contributed by atoms with E-state index in [1.807, 2.05) is 42.7 Å². The molecule has 0 saturated carbocycles. The van der Waals surface area contributed by atoms with Gasteiger partial charge < -0.3 is 19.7 Å². The predicted octanol–water partition coefficient (Wildman–Crippen LogP) is 1.80. The fourth-order valence-corrected chi connectivity index (χ4v) is 5.69. The molecule has 2 fully saturated rings. The minimum Gasteiger partial charge on any atom is -0.396 e. The van der Waals surface area contributed by atoms with Crippen LogP contribution in [0.25, 0.3) is 6.08 Å². The summed E-state index contributed by atoms with van der Waals surface area (Å²) in [5.74, 6) is -0.0480. The summed E-state index contributed by atoms with van der Waals surface area (Å²) < 4.78 is 7.39. The first-order valence-corrected chi connectivity index (χ1v) is 11.7. The minimum absolute atomic E-state index is 0.0104. The molecule has 0 radical (unpaired) electrons. The molecular formula is C24H35N3O4. The number of allylic oxidation sites excluding steroid dienone is 1. The lowest BCUT2D eigenvalue weighted by Gasteiger charge is -2.40. The monoisotopic (exact) mass is 429 g/mol. The summed E-state index contributed by atoms with van der Waals surface area (Å²) in [6.45, 7) is 7.45. The molecule has 0 unspecified atom stereocenters. The van der Waals surface area contributed by atoms with Gasteiger partial charge in [0, 0.05) is 62.7 Å². The predicted molar refractivity (Wildman–Crippen MR) is 120 cm³/mol. The average molecular weight is 430 g/mol. The highest BCUT2D eigenvalue weighted by atomic mass is 16.5. The molecule has 4 atom stereocenters. The van der Waals surface area contributed by atoms with Crippen LogP contribution in [0.15, 0.2) is 23.0 Å². The Labute approximate surface area is 184 Å². The largest absolute Gasteiger partial charge is 0.396 e. The Morgan fingerprint density at radius 3 is 2.77 bits per heavy atom. The van der Waals surface area contributed by atoms with Crippen molar-refractivity contribution in [2.75, 3.05) is 32.9 Å². The van der Waals surface area contributed by atoms with Crippen LogP contribution < -0.4 is 10.9 Å². The highest BCUT2D eigenvalue weighted by Crippen LogP contribution is 2.48. The Morgan fingerprint density at radius 1 is 1.32 bits per heavy atom. The van der Waals surface area contributed by atoms with E-state index in [4.69, 9.17) is 4.74 Å². The van der Waals surface area contributed by atoms with E-state index >= 15 is 0 Å². The molecule has 7 heteroatoms. The molecule has 0 aromatic carbocycles. The van der Waals surface area contributed by atoms with E-state index in [2.05, 4.69) is 10.2 Å². The standard InChI is InChI=1S/C24H35N3O4/c1-3-5-17-6-7-19-22-21(23(29)25-10-4-2)18(15-28)20(14-27(19)24(17)30)26(22)13-16-8-11-31-12-9-16/h3,5-7,16,18,20-22,28H,4,8-15H2,1-2H3,(H,25,29)/b5-3+/t18-,20-,21+,22+/m1/s1. The number of pyridine rings is 1. The number of carbonyl (C=O) groups excluding carboxylic acids is 1. The van der Waals surface area contributed by atoms with Gasteiger partial charge >= 0.3 is 0 Å². The lowest BCUT2D eigenvalue weighted by molar-refractivity contribution is -0.127. The highest BCUT2D eigenvalue weighted by molar-refractivity contribution is 5.80. The van der Waals surface area contributed by atoms with Crippen molar-refractivity contribution in [3.63, 3.8) is 0 Å². The minimum atomic E-state index is -0.359. The first-order chi connectivity index (χ1) is 15.1. The highest BCUT2D eigenvalue weighted by Gasteiger charge is 2.55. The SMILES string of the molecule is C/C=C/c1ccc2n(c1=O)C[C@@H]1[C@@H](CO)[C@H](C(=O)NCCC)[C@H]2N1CC1CCOCC1. The lowest BCUT2D eigenvalue weighted by atomic mass is 9.86. The summed E-state index contributed by atoms with van der Waals surface area (Å²) in [4.78, 5) is 28.8. The van der Waals surface area contributed by atoms with E-state index in [9.17, 15) is 14.7 Å². The molecular weight excluding hydrogens is 394 g/mol. The third-order valence-electron chi connectivity index (χ3n) is 7.21. The first-order valence-electron chi connectivity index (χ1n) is 11.7. The van der Waals surface area contributed by atoms with E-state index in [1.165, 1.54) is 0 Å². The number of ether oxygens (including phenoxy) is 1. The zero-order valence-corrected chi connectivity index (χ0v) is 18.6. The van der Waals surface area contributed by atoms with Gasteiger partial charge in [-0.2, -0.15) is 0 Å². The number of amides is 1. The van der Waals surface area contributed by atoms with Crippen LogP contribution >= 0.6 is 0 Å². The van der Waals surface area contributed by atoms with E-state index in [-0.39, 0.29) is 42.0 Å². The van der Waals surface area contributed by atoms with Gasteiger partial charge in [-0.15, -0.1) is 0 Å². The van der Waals surface area contributed by atoms with Gasteiger partial charge in [-0.25, -0.2) is 0 Å². The fraction of sp³-hybridized carbons (Fsp3) is 0.667. The number of aromatic nitrogens is 1. The molecule has 4 rings (SSSR count). The van der Waals surface area contributed by atoms with Crippen molar-refractivity contribution in [1.82, 2.24) is 14.8 Å². The second-order valence-electron chi connectivity index (χ2n) is 9.06. The number of hydrogen-bond donors (Lipinski definition) is 2. The van der Waals surface area contributed by atoms with Crippen LogP contribution in [-0.2, 0) is 16.1 Å². The number of aliphatic hydroxyl groups is 1. The Bertz CT molecular complexity index is 874. The summed E-state index contributed by atoms with van der Waals surface area (Å²) in [6, 6.07) is 3.66. The molecule has 1 aromatic rings. The molecule has 0 spiro atoms. The molecule has 2 bridgehead atoms. The summed E-state index contributed by atoms with van der Waals surface area (Å²) in [6.07, 6.45) is 6.60. The zero-order valence-electron chi connectivity index (χ0n) is 18.6. The van der Waals surface area contributed by atoms with Crippen molar-refractivity contribution in [1.29, 1.82) is 0 Å². The van der Waals surface area contributed by atoms with E-state index < -0.39 is 0 Å². The van der Waals surface area contributed by atoms with Crippen molar-refractivity contribution in [2.45, 2.75) is 51.7 Å². The molecule has 31 heavy (non-hydrogen) atoms. The average Bonchev–Trinajstić information content (AvgIpc) is 2.99. The van der Waals surface area contributed by atoms with Crippen LogP contribution in [0.1, 0.15) is 50.4 Å². The number of carbonyl (C=O) groups is 1. The van der Waals surface area contributed by atoms with E-state index in [1.54, 1.807) is 0 Å². The second kappa shape index (κ2) is 9.67. The summed E-state index contributed by atoms with van der Waals surface area (Å²) in [5.41, 5.74) is 1.55. The van der Waals surface area contributed by atoms with Crippen molar-refractivity contribution >= 4 is 12.0 Å². The van der Waals surface area contributed by atoms with Crippen LogP contribution in [0.5, 0.6) is 0 Å². The maximum atomic E-state index is 13.3. The Kier molecular flexibility index (Phi) is 6.94. The van der Waals surface area contributed by atoms with Crippen molar-refractivity contribution < 1.29 is 14.6 Å². The second-order valence-corrected chi connectivity index (χ2v) is 9.06. The number of hydrogen-bond acceptors (Lipinski definition) is 5. The molecule has 7 nitrogen and oxygen atoms in total. The molecule has 1 aromatic heterocycles. The third-order valence-corrected chi connectivity index (χ3v) is 7.21. The summed E-state index contributed by atoms with van der Waals surface area (Å²) >= 11 is 0. The fourth-order valence-electron chi connectivity index (χ4n) is 5.69. The maximum absolute atomic E-state index is 13.3. The number of nitrogens with one attached hydrogen (secondary N) is 1. The molecule has 3 aliphatic rings. The summed E-state index contributed by atoms with van der Waals surface area (Å²) in [7, 11) is 0. The van der Waals surface area contributed by atoms with Gasteiger partial charge in [0.1, 0.15) is 0 Å². The van der Waals surface area contributed by atoms with Crippen LogP contribution in [0.2, 0.25) is 0 Å². The zero-order chi connectivity index (χ0) is 22.0. The molecule has 0 aliphatic carbocycles. The van der Waals surface area contributed by atoms with Gasteiger partial charge in [0.25, 0.3) is 5.56 Å². The topological polar surface area (TPSA) is 83.8 Å². The Balaban J connectivity index is 1.75. The molecule has 2 saturated heterocycles. The summed E-state index contributed by atoms with van der Waals surface area (Å²) in [5, 5.41) is 13.4. The third kappa shape index (κ3) is 4.11. The van der Waals surface area contributed by atoms with E-state index in [0.29, 0.717) is 24.6 Å². The van der Waals surface area contributed by atoms with Gasteiger partial charge in [0.15, 0.2) is 0 Å². The molecule has 2 N–H and O–H groups in total. The number of nitrogens with zero attached hydrogens (tertiary/aromatic N) is 2. The number of aliphatic hydroxyl groups excluding tert-OH is 1. The van der Waals surface area contributed by atoms with Crippen molar-refractivity contribution in [2.24, 2.45) is 17.8 Å². The van der Waals surface area contributed by atoms with Crippen LogP contribution in [0.3, 0.4) is 0 Å². The van der Waals surface area contributed by atoms with Gasteiger partial charge in [-0.3, -0.25) is 14.5 Å². The van der Waals surface area contributed by atoms with E-state index in [0.717, 1.165) is 44.7 Å². The Hall–Kier alpha value is -1.96. The smallest absolute Gasteiger partial charge is 0.258 e. The molecule has 1 amide bonds. The quantitative estimate of drug-likeness (QED) is 0.691. The van der Waals surface area contributed by atoms with Crippen molar-refractivity contribution in [3.8, 4) is 0 Å². The van der Waals surface area contributed by atoms with Gasteiger partial charge in [-0.1, -0.05) is 19.1 Å². The molecule has 170 valence electrons. The molecule has 4 heterocycles. The normalized spacial score (nSPS) is 28.7. The van der Waals surface area contributed by atoms with Gasteiger partial charge in [0.05, 0.1) is 12.0 Å². The molecule has 3 aliphatic heterocycles. The Morgan fingerprint density at radius 2 is 2.10 bits per heavy atom. The van der Waals surface area contributed by atoms with Crippen LogP contribution in [0.4, 0.5) is 0 Å². The van der Waals surface area contributed by atoms with Crippen molar-refractivity contribution in [3.05, 3.63) is 39.8 Å². The maximum Gasteiger partial charge on any atom is 0.258 e. The lowest BCUT2D eigenvalue weighted by Crippen LogP contribution is -2.48. The first kappa shape index (κ1) is 22.2. The van der Waals surface area contributed by atoms with Gasteiger partial charge in [-0.05, 0) is 44.2 Å². The number of fused-ring (bicyclic) bond motifs is 4. The van der Waals surface area contributed by atoms with Gasteiger partial charge in [0.2, 0.25) is 5.91 Å².